The predicted octanol–water partition coefficient (Wildman–Crippen LogP) is 5.08. The number of anilines is 2. The molecule has 0 spiro atoms. The van der Waals surface area contributed by atoms with Gasteiger partial charge in [-0.05, 0) is 73.3 Å². The predicted molar refractivity (Wildman–Crippen MR) is 126 cm³/mol. The third kappa shape index (κ3) is 4.64. The van der Waals surface area contributed by atoms with E-state index >= 15 is 0 Å². The van der Waals surface area contributed by atoms with E-state index in [4.69, 9.17) is 5.10 Å². The van der Waals surface area contributed by atoms with Gasteiger partial charge in [0.05, 0.1) is 11.4 Å². The summed E-state index contributed by atoms with van der Waals surface area (Å²) in [6.45, 7) is 12.3. The third-order valence-electron chi connectivity index (χ3n) is 5.81. The van der Waals surface area contributed by atoms with Crippen molar-refractivity contribution in [2.45, 2.75) is 53.0 Å². The van der Waals surface area contributed by atoms with Gasteiger partial charge in [0.25, 0.3) is 0 Å². The first-order valence-corrected chi connectivity index (χ1v) is 10.8. The molecular formula is C25H31N5O. The molecule has 1 aliphatic heterocycles. The quantitative estimate of drug-likeness (QED) is 0.557. The molecule has 6 nitrogen and oxygen atoms in total. The fourth-order valence-corrected chi connectivity index (χ4v) is 3.73. The molecule has 4 rings (SSSR count). The van der Waals surface area contributed by atoms with E-state index in [9.17, 15) is 4.79 Å². The van der Waals surface area contributed by atoms with Crippen LogP contribution in [0.1, 0.15) is 48.7 Å². The van der Waals surface area contributed by atoms with Gasteiger partial charge in [0.15, 0.2) is 0 Å². The summed E-state index contributed by atoms with van der Waals surface area (Å²) in [4.78, 5) is 12.8. The highest BCUT2D eigenvalue weighted by Crippen LogP contribution is 2.28. The maximum absolute atomic E-state index is 12.8. The van der Waals surface area contributed by atoms with Gasteiger partial charge >= 0.3 is 6.03 Å². The fraction of sp³-hybridized carbons (Fsp3) is 0.360. The Morgan fingerprint density at radius 2 is 1.81 bits per heavy atom. The van der Waals surface area contributed by atoms with Crippen molar-refractivity contribution in [3.63, 3.8) is 0 Å². The van der Waals surface area contributed by atoms with E-state index < -0.39 is 0 Å². The van der Waals surface area contributed by atoms with Gasteiger partial charge < -0.3 is 10.6 Å². The van der Waals surface area contributed by atoms with E-state index in [0.717, 1.165) is 42.1 Å². The zero-order valence-electron chi connectivity index (χ0n) is 19.0. The molecule has 0 saturated carbocycles. The second-order valence-electron chi connectivity index (χ2n) is 9.33. The van der Waals surface area contributed by atoms with Crippen LogP contribution in [0.4, 0.5) is 16.3 Å². The summed E-state index contributed by atoms with van der Waals surface area (Å²) >= 11 is 0. The number of nitrogens with one attached hydrogen (secondary N) is 3. The Labute approximate surface area is 184 Å². The zero-order valence-corrected chi connectivity index (χ0v) is 19.0. The summed E-state index contributed by atoms with van der Waals surface area (Å²) in [5.74, 6) is 0.653. The van der Waals surface area contributed by atoms with Crippen LogP contribution in [0, 0.1) is 13.8 Å². The Kier molecular flexibility index (Phi) is 5.58. The van der Waals surface area contributed by atoms with Crippen LogP contribution in [0.25, 0.3) is 5.69 Å². The first-order chi connectivity index (χ1) is 14.7. The number of nitrogens with zero attached hydrogens (tertiary/aromatic N) is 2. The molecule has 2 aromatic carbocycles. The minimum absolute atomic E-state index is 0.135. The number of amides is 2. The Morgan fingerprint density at radius 3 is 2.55 bits per heavy atom. The number of hydrogen-bond donors (Lipinski definition) is 3. The van der Waals surface area contributed by atoms with Gasteiger partial charge in [0.1, 0.15) is 5.82 Å². The molecule has 0 radical (unpaired) electrons. The first kappa shape index (κ1) is 21.1. The van der Waals surface area contributed by atoms with Gasteiger partial charge in [-0.25, -0.2) is 9.48 Å². The number of benzene rings is 2. The smallest absolute Gasteiger partial charge is 0.312 e. The average molecular weight is 418 g/mol. The number of urea groups is 1. The molecule has 2 heterocycles. The Bertz CT molecular complexity index is 1120. The SMILES string of the molecule is Cc1ccc(NC(=O)Nc2cc(C(C)(C)C)nn2-c2ccc3c(c2)CCNC3)cc1C. The largest absolute Gasteiger partial charge is 0.324 e. The summed E-state index contributed by atoms with van der Waals surface area (Å²) in [5.41, 5.74) is 7.50. The van der Waals surface area contributed by atoms with Gasteiger partial charge in [0.2, 0.25) is 0 Å². The van der Waals surface area contributed by atoms with Gasteiger partial charge in [0, 0.05) is 23.7 Å². The summed E-state index contributed by atoms with van der Waals surface area (Å²) in [5, 5.41) is 14.2. The van der Waals surface area contributed by atoms with Crippen LogP contribution in [-0.2, 0) is 18.4 Å². The highest BCUT2D eigenvalue weighted by atomic mass is 16.2. The minimum Gasteiger partial charge on any atom is -0.312 e. The minimum atomic E-state index is -0.285. The summed E-state index contributed by atoms with van der Waals surface area (Å²) < 4.78 is 1.84. The van der Waals surface area contributed by atoms with Crippen molar-refractivity contribution in [1.29, 1.82) is 0 Å². The number of fused-ring (bicyclic) bond motifs is 1. The van der Waals surface area contributed by atoms with Crippen molar-refractivity contribution >= 4 is 17.5 Å². The standard InChI is InChI=1S/C25H31N5O/c1-16-6-8-20(12-17(16)2)27-24(31)28-23-14-22(25(3,4)5)29-30(23)21-9-7-19-15-26-11-10-18(19)13-21/h6-9,12-14,26H,10-11,15H2,1-5H3,(H2,27,28,31). The zero-order chi connectivity index (χ0) is 22.2. The number of aromatic nitrogens is 2. The van der Waals surface area contributed by atoms with Crippen LogP contribution in [0.3, 0.4) is 0 Å². The van der Waals surface area contributed by atoms with Crippen LogP contribution in [0.2, 0.25) is 0 Å². The molecule has 3 aromatic rings. The van der Waals surface area contributed by atoms with E-state index in [1.165, 1.54) is 16.7 Å². The number of hydrogen-bond acceptors (Lipinski definition) is 3. The van der Waals surface area contributed by atoms with Crippen LogP contribution in [-0.4, -0.2) is 22.4 Å². The number of aryl methyl sites for hydroxylation is 2. The molecule has 2 amide bonds. The van der Waals surface area contributed by atoms with Crippen molar-refractivity contribution in [3.05, 3.63) is 70.4 Å². The molecule has 0 saturated heterocycles. The van der Waals surface area contributed by atoms with Crippen molar-refractivity contribution in [2.24, 2.45) is 0 Å². The molecule has 162 valence electrons. The normalized spacial score (nSPS) is 13.6. The van der Waals surface area contributed by atoms with Crippen LogP contribution in [0.5, 0.6) is 0 Å². The fourth-order valence-electron chi connectivity index (χ4n) is 3.73. The summed E-state index contributed by atoms with van der Waals surface area (Å²) in [6, 6.07) is 14.0. The molecule has 0 aliphatic carbocycles. The van der Waals surface area contributed by atoms with E-state index in [-0.39, 0.29) is 11.4 Å². The first-order valence-electron chi connectivity index (χ1n) is 10.8. The van der Waals surface area contributed by atoms with Gasteiger partial charge in [-0.3, -0.25) is 5.32 Å². The molecule has 0 bridgehead atoms. The molecule has 1 aromatic heterocycles. The maximum Gasteiger partial charge on any atom is 0.324 e. The second-order valence-corrected chi connectivity index (χ2v) is 9.33. The molecule has 31 heavy (non-hydrogen) atoms. The summed E-state index contributed by atoms with van der Waals surface area (Å²) in [7, 11) is 0. The highest BCUT2D eigenvalue weighted by Gasteiger charge is 2.22. The number of carbonyl (C=O) groups excluding carboxylic acids is 1. The molecule has 1 aliphatic rings. The third-order valence-corrected chi connectivity index (χ3v) is 5.81. The van der Waals surface area contributed by atoms with Gasteiger partial charge in [-0.15, -0.1) is 0 Å². The van der Waals surface area contributed by atoms with E-state index in [1.807, 2.05) is 35.9 Å². The molecular weight excluding hydrogens is 386 g/mol. The lowest BCUT2D eigenvalue weighted by Crippen LogP contribution is -2.24. The van der Waals surface area contributed by atoms with Crippen LogP contribution >= 0.6 is 0 Å². The molecule has 0 fully saturated rings. The Balaban J connectivity index is 1.64. The monoisotopic (exact) mass is 417 g/mol. The van der Waals surface area contributed by atoms with Crippen molar-refractivity contribution in [2.75, 3.05) is 17.2 Å². The highest BCUT2D eigenvalue weighted by molar-refractivity contribution is 5.99. The van der Waals surface area contributed by atoms with Gasteiger partial charge in [-0.2, -0.15) is 5.10 Å². The molecule has 3 N–H and O–H groups in total. The Hall–Kier alpha value is -3.12. The lowest BCUT2D eigenvalue weighted by atomic mass is 9.92. The molecule has 0 unspecified atom stereocenters. The molecule has 0 atom stereocenters. The average Bonchev–Trinajstić information content (AvgIpc) is 3.14. The number of rotatable bonds is 3. The lowest BCUT2D eigenvalue weighted by Gasteiger charge is -2.18. The maximum atomic E-state index is 12.8. The second kappa shape index (κ2) is 8.19. The van der Waals surface area contributed by atoms with E-state index in [2.05, 4.69) is 61.8 Å². The Morgan fingerprint density at radius 1 is 1.00 bits per heavy atom. The van der Waals surface area contributed by atoms with Crippen molar-refractivity contribution in [1.82, 2.24) is 15.1 Å². The van der Waals surface area contributed by atoms with E-state index in [0.29, 0.717) is 5.82 Å². The van der Waals surface area contributed by atoms with E-state index in [1.54, 1.807) is 0 Å². The van der Waals surface area contributed by atoms with Crippen LogP contribution in [0.15, 0.2) is 42.5 Å². The lowest BCUT2D eigenvalue weighted by molar-refractivity contribution is 0.262. The van der Waals surface area contributed by atoms with Crippen LogP contribution < -0.4 is 16.0 Å². The molecule has 6 heteroatoms. The van der Waals surface area contributed by atoms with Crippen molar-refractivity contribution < 1.29 is 4.79 Å². The van der Waals surface area contributed by atoms with Gasteiger partial charge in [-0.1, -0.05) is 32.9 Å². The summed E-state index contributed by atoms with van der Waals surface area (Å²) in [6.07, 6.45) is 0.993. The van der Waals surface area contributed by atoms with Crippen molar-refractivity contribution in [3.8, 4) is 5.69 Å². The topological polar surface area (TPSA) is 71.0 Å². The number of carbonyl (C=O) groups is 1.